The standard InChI is InChI=1S/C25H34N4O4S/c1-18(2)15-29(16-20(23(30)28-33)17-34-21-12-8-5-9-13-21)25(32)27-22(24(31)26-3)14-19-10-6-4-7-11-19/h4-13,18,20,22,33H,14-17H2,1-3H3,(H,26,31)(H,27,32)(H,28,30). The van der Waals surface area contributed by atoms with Crippen molar-refractivity contribution in [1.29, 1.82) is 0 Å². The van der Waals surface area contributed by atoms with Crippen molar-refractivity contribution in [2.75, 3.05) is 25.9 Å². The van der Waals surface area contributed by atoms with Gasteiger partial charge in [-0.1, -0.05) is 62.4 Å². The van der Waals surface area contributed by atoms with Crippen molar-refractivity contribution >= 4 is 29.6 Å². The lowest BCUT2D eigenvalue weighted by Gasteiger charge is -2.30. The van der Waals surface area contributed by atoms with Crippen LogP contribution >= 0.6 is 11.8 Å². The van der Waals surface area contributed by atoms with Crippen LogP contribution in [0.25, 0.3) is 0 Å². The number of benzene rings is 2. The van der Waals surface area contributed by atoms with Gasteiger partial charge in [-0.3, -0.25) is 14.8 Å². The second-order valence-electron chi connectivity index (χ2n) is 8.40. The molecule has 2 rings (SSSR count). The molecule has 0 aromatic heterocycles. The van der Waals surface area contributed by atoms with Crippen molar-refractivity contribution in [1.82, 2.24) is 21.0 Å². The van der Waals surface area contributed by atoms with E-state index >= 15 is 0 Å². The first-order valence-corrected chi connectivity index (χ1v) is 12.2. The Bertz CT molecular complexity index is 912. The molecule has 0 spiro atoms. The summed E-state index contributed by atoms with van der Waals surface area (Å²) in [6.07, 6.45) is 0.339. The van der Waals surface area contributed by atoms with Gasteiger partial charge in [0.15, 0.2) is 0 Å². The van der Waals surface area contributed by atoms with E-state index in [9.17, 15) is 19.6 Å². The molecule has 4 N–H and O–H groups in total. The van der Waals surface area contributed by atoms with E-state index in [1.165, 1.54) is 23.7 Å². The van der Waals surface area contributed by atoms with Crippen molar-refractivity contribution in [2.24, 2.45) is 11.8 Å². The van der Waals surface area contributed by atoms with Gasteiger partial charge in [0.1, 0.15) is 6.04 Å². The van der Waals surface area contributed by atoms with E-state index in [1.807, 2.05) is 74.5 Å². The van der Waals surface area contributed by atoms with Gasteiger partial charge in [-0.25, -0.2) is 10.3 Å². The number of hydrogen-bond donors (Lipinski definition) is 4. The van der Waals surface area contributed by atoms with E-state index in [0.29, 0.717) is 18.7 Å². The molecule has 0 bridgehead atoms. The van der Waals surface area contributed by atoms with Gasteiger partial charge in [0.2, 0.25) is 11.8 Å². The second-order valence-corrected chi connectivity index (χ2v) is 9.50. The van der Waals surface area contributed by atoms with Gasteiger partial charge < -0.3 is 15.5 Å². The molecule has 2 aromatic carbocycles. The zero-order valence-corrected chi connectivity index (χ0v) is 20.7. The quantitative estimate of drug-likeness (QED) is 0.209. The van der Waals surface area contributed by atoms with Gasteiger partial charge in [-0.2, -0.15) is 0 Å². The first-order valence-electron chi connectivity index (χ1n) is 11.3. The van der Waals surface area contributed by atoms with E-state index in [4.69, 9.17) is 0 Å². The highest BCUT2D eigenvalue weighted by atomic mass is 32.2. The number of nitrogens with zero attached hydrogens (tertiary/aromatic N) is 1. The Hall–Kier alpha value is -3.04. The summed E-state index contributed by atoms with van der Waals surface area (Å²) in [4.78, 5) is 40.7. The smallest absolute Gasteiger partial charge is 0.318 e. The van der Waals surface area contributed by atoms with Gasteiger partial charge in [-0.15, -0.1) is 11.8 Å². The molecule has 9 heteroatoms. The zero-order chi connectivity index (χ0) is 24.9. The molecular weight excluding hydrogens is 452 g/mol. The SMILES string of the molecule is CNC(=O)C(Cc1ccccc1)NC(=O)N(CC(C)C)CC(CSc1ccccc1)C(=O)NO. The molecular formula is C25H34N4O4S. The van der Waals surface area contributed by atoms with Crippen LogP contribution in [0, 0.1) is 11.8 Å². The summed E-state index contributed by atoms with van der Waals surface area (Å²) in [5, 5.41) is 14.7. The number of hydroxylamine groups is 1. The van der Waals surface area contributed by atoms with E-state index in [2.05, 4.69) is 10.6 Å². The summed E-state index contributed by atoms with van der Waals surface area (Å²) < 4.78 is 0. The third kappa shape index (κ3) is 9.07. The van der Waals surface area contributed by atoms with Crippen LogP contribution in [0.15, 0.2) is 65.6 Å². The number of nitrogens with one attached hydrogen (secondary N) is 3. The summed E-state index contributed by atoms with van der Waals surface area (Å²) in [6.45, 7) is 4.44. The number of rotatable bonds is 12. The first kappa shape index (κ1) is 27.2. The molecule has 8 nitrogen and oxygen atoms in total. The molecule has 0 fully saturated rings. The minimum atomic E-state index is -0.765. The molecule has 0 saturated carbocycles. The number of amides is 4. The Morgan fingerprint density at radius 3 is 2.12 bits per heavy atom. The van der Waals surface area contributed by atoms with Crippen LogP contribution in [0.2, 0.25) is 0 Å². The minimum absolute atomic E-state index is 0.0992. The Kier molecular flexibility index (Phi) is 11.4. The van der Waals surface area contributed by atoms with E-state index in [-0.39, 0.29) is 18.4 Å². The highest BCUT2D eigenvalue weighted by Gasteiger charge is 2.28. The van der Waals surface area contributed by atoms with Crippen molar-refractivity contribution in [3.05, 3.63) is 66.2 Å². The topological polar surface area (TPSA) is 111 Å². The fraction of sp³-hybridized carbons (Fsp3) is 0.400. The maximum absolute atomic E-state index is 13.3. The molecule has 0 aliphatic carbocycles. The monoisotopic (exact) mass is 486 g/mol. The van der Waals surface area contributed by atoms with E-state index < -0.39 is 23.9 Å². The fourth-order valence-electron chi connectivity index (χ4n) is 3.44. The molecule has 2 atom stereocenters. The third-order valence-corrected chi connectivity index (χ3v) is 6.31. The predicted molar refractivity (Wildman–Crippen MR) is 134 cm³/mol. The summed E-state index contributed by atoms with van der Waals surface area (Å²) in [5.41, 5.74) is 2.65. The minimum Gasteiger partial charge on any atom is -0.357 e. The van der Waals surface area contributed by atoms with Crippen LogP contribution in [0.3, 0.4) is 0 Å². The van der Waals surface area contributed by atoms with Crippen molar-refractivity contribution in [3.63, 3.8) is 0 Å². The molecule has 0 radical (unpaired) electrons. The molecule has 0 heterocycles. The number of thioether (sulfide) groups is 1. The molecule has 0 aliphatic heterocycles. The molecule has 2 aromatic rings. The second kappa shape index (κ2) is 14.3. The largest absolute Gasteiger partial charge is 0.357 e. The average molecular weight is 487 g/mol. The van der Waals surface area contributed by atoms with Crippen molar-refractivity contribution in [2.45, 2.75) is 31.2 Å². The zero-order valence-electron chi connectivity index (χ0n) is 19.9. The van der Waals surface area contributed by atoms with Crippen LogP contribution in [0.1, 0.15) is 19.4 Å². The van der Waals surface area contributed by atoms with Crippen molar-refractivity contribution < 1.29 is 19.6 Å². The van der Waals surface area contributed by atoms with Gasteiger partial charge in [0.05, 0.1) is 5.92 Å². The summed E-state index contributed by atoms with van der Waals surface area (Å²) >= 11 is 1.47. The summed E-state index contributed by atoms with van der Waals surface area (Å²) in [7, 11) is 1.53. The Morgan fingerprint density at radius 2 is 1.56 bits per heavy atom. The number of carbonyl (C=O) groups is 3. The van der Waals surface area contributed by atoms with Crippen LogP contribution in [-0.4, -0.2) is 59.9 Å². The van der Waals surface area contributed by atoms with Gasteiger partial charge in [0.25, 0.3) is 0 Å². The molecule has 184 valence electrons. The van der Waals surface area contributed by atoms with Gasteiger partial charge >= 0.3 is 6.03 Å². The summed E-state index contributed by atoms with van der Waals surface area (Å²) in [6, 6.07) is 17.9. The fourth-order valence-corrected chi connectivity index (χ4v) is 4.44. The maximum atomic E-state index is 13.3. The lowest BCUT2D eigenvalue weighted by molar-refractivity contribution is -0.133. The average Bonchev–Trinajstić information content (AvgIpc) is 2.85. The van der Waals surface area contributed by atoms with Gasteiger partial charge in [-0.05, 0) is 23.6 Å². The lowest BCUT2D eigenvalue weighted by atomic mass is 10.1. The Morgan fingerprint density at radius 1 is 0.941 bits per heavy atom. The molecule has 0 saturated heterocycles. The normalized spacial score (nSPS) is 12.5. The number of urea groups is 1. The first-order chi connectivity index (χ1) is 16.3. The molecule has 0 aliphatic rings. The van der Waals surface area contributed by atoms with Crippen LogP contribution in [-0.2, 0) is 16.0 Å². The van der Waals surface area contributed by atoms with Crippen molar-refractivity contribution in [3.8, 4) is 0 Å². The Balaban J connectivity index is 2.15. The number of likely N-dealkylation sites (N-methyl/N-ethyl adjacent to an activating group) is 1. The third-order valence-electron chi connectivity index (χ3n) is 5.13. The van der Waals surface area contributed by atoms with Crippen LogP contribution in [0.5, 0.6) is 0 Å². The van der Waals surface area contributed by atoms with E-state index in [1.54, 1.807) is 5.48 Å². The summed E-state index contributed by atoms with van der Waals surface area (Å²) in [5.74, 6) is -0.991. The van der Waals surface area contributed by atoms with Gasteiger partial charge in [0, 0.05) is 37.2 Å². The Labute approximate surface area is 205 Å². The maximum Gasteiger partial charge on any atom is 0.318 e. The molecule has 4 amide bonds. The number of hydrogen-bond acceptors (Lipinski definition) is 5. The highest BCUT2D eigenvalue weighted by Crippen LogP contribution is 2.21. The van der Waals surface area contributed by atoms with E-state index in [0.717, 1.165) is 10.5 Å². The van der Waals surface area contributed by atoms with Crippen LogP contribution in [0.4, 0.5) is 4.79 Å². The van der Waals surface area contributed by atoms with Crippen LogP contribution < -0.4 is 16.1 Å². The molecule has 2 unspecified atom stereocenters. The number of carbonyl (C=O) groups excluding carboxylic acids is 3. The lowest BCUT2D eigenvalue weighted by Crippen LogP contribution is -2.54. The predicted octanol–water partition coefficient (Wildman–Crippen LogP) is 2.93. The highest BCUT2D eigenvalue weighted by molar-refractivity contribution is 7.99. The molecule has 34 heavy (non-hydrogen) atoms.